The summed E-state index contributed by atoms with van der Waals surface area (Å²) in [6.45, 7) is 5.42. The smallest absolute Gasteiger partial charge is 0.303 e. The van der Waals surface area contributed by atoms with E-state index in [2.05, 4.69) is 6.92 Å². The van der Waals surface area contributed by atoms with Crippen molar-refractivity contribution in [1.29, 1.82) is 0 Å². The molecule has 2 aliphatic carbocycles. The van der Waals surface area contributed by atoms with E-state index in [4.69, 9.17) is 4.74 Å². The summed E-state index contributed by atoms with van der Waals surface area (Å²) in [4.78, 5) is 11.1. The lowest BCUT2D eigenvalue weighted by Crippen LogP contribution is -2.39. The Labute approximate surface area is 97.2 Å². The molecule has 0 aromatic rings. The van der Waals surface area contributed by atoms with Crippen LogP contribution in [0, 0.1) is 17.8 Å². The average Bonchev–Trinajstić information content (AvgIpc) is 2.57. The maximum atomic E-state index is 11.1. The van der Waals surface area contributed by atoms with Gasteiger partial charge in [0.2, 0.25) is 0 Å². The van der Waals surface area contributed by atoms with Crippen molar-refractivity contribution < 1.29 is 14.6 Å². The number of ether oxygens (including phenoxy) is 1. The lowest BCUT2D eigenvalue weighted by molar-refractivity contribution is -0.161. The SMILES string of the molecule is CC(=O)OC1(C)CC2CC1CC2CC(C)O. The third-order valence-corrected chi connectivity index (χ3v) is 4.39. The summed E-state index contributed by atoms with van der Waals surface area (Å²) in [5, 5.41) is 9.43. The van der Waals surface area contributed by atoms with Gasteiger partial charge in [-0.25, -0.2) is 0 Å². The van der Waals surface area contributed by atoms with Crippen LogP contribution in [0.4, 0.5) is 0 Å². The van der Waals surface area contributed by atoms with Gasteiger partial charge in [-0.15, -0.1) is 0 Å². The number of esters is 1. The lowest BCUT2D eigenvalue weighted by atomic mass is 9.78. The van der Waals surface area contributed by atoms with E-state index in [-0.39, 0.29) is 17.7 Å². The van der Waals surface area contributed by atoms with E-state index in [1.54, 1.807) is 0 Å². The predicted molar refractivity (Wildman–Crippen MR) is 60.8 cm³/mol. The quantitative estimate of drug-likeness (QED) is 0.750. The Morgan fingerprint density at radius 2 is 2.25 bits per heavy atom. The number of hydrogen-bond donors (Lipinski definition) is 1. The van der Waals surface area contributed by atoms with E-state index in [0.717, 1.165) is 19.3 Å². The molecule has 92 valence electrons. The average molecular weight is 226 g/mol. The van der Waals surface area contributed by atoms with Crippen LogP contribution in [-0.2, 0) is 9.53 Å². The molecule has 0 amide bonds. The Hall–Kier alpha value is -0.570. The molecule has 0 heterocycles. The standard InChI is InChI=1S/C13H22O3/c1-8(14)4-10-5-12-6-11(10)7-13(12,3)16-9(2)15/h8,10-12,14H,4-7H2,1-3H3. The number of aliphatic hydroxyl groups excluding tert-OH is 1. The summed E-state index contributed by atoms with van der Waals surface area (Å²) < 4.78 is 5.48. The summed E-state index contributed by atoms with van der Waals surface area (Å²) >= 11 is 0. The van der Waals surface area contributed by atoms with Gasteiger partial charge in [-0.3, -0.25) is 4.79 Å². The molecule has 0 aromatic carbocycles. The van der Waals surface area contributed by atoms with Crippen LogP contribution >= 0.6 is 0 Å². The third kappa shape index (κ3) is 2.10. The fraction of sp³-hybridized carbons (Fsp3) is 0.923. The molecule has 2 bridgehead atoms. The molecule has 0 saturated heterocycles. The van der Waals surface area contributed by atoms with Gasteiger partial charge in [0.05, 0.1) is 6.10 Å². The summed E-state index contributed by atoms with van der Waals surface area (Å²) in [6, 6.07) is 0. The van der Waals surface area contributed by atoms with E-state index in [9.17, 15) is 9.90 Å². The van der Waals surface area contributed by atoms with Crippen LogP contribution in [0.25, 0.3) is 0 Å². The van der Waals surface area contributed by atoms with Crippen LogP contribution in [-0.4, -0.2) is 22.8 Å². The second kappa shape index (κ2) is 4.02. The number of aliphatic hydroxyl groups is 1. The summed E-state index contributed by atoms with van der Waals surface area (Å²) in [6.07, 6.45) is 3.95. The van der Waals surface area contributed by atoms with Gasteiger partial charge < -0.3 is 9.84 Å². The third-order valence-electron chi connectivity index (χ3n) is 4.39. The Morgan fingerprint density at radius 1 is 1.56 bits per heavy atom. The minimum Gasteiger partial charge on any atom is -0.459 e. The Morgan fingerprint density at radius 3 is 2.69 bits per heavy atom. The molecule has 0 aliphatic heterocycles. The van der Waals surface area contributed by atoms with E-state index < -0.39 is 0 Å². The number of rotatable bonds is 3. The van der Waals surface area contributed by atoms with Crippen molar-refractivity contribution in [2.45, 2.75) is 58.2 Å². The summed E-state index contributed by atoms with van der Waals surface area (Å²) in [7, 11) is 0. The highest BCUT2D eigenvalue weighted by molar-refractivity contribution is 5.66. The minimum absolute atomic E-state index is 0.165. The maximum Gasteiger partial charge on any atom is 0.303 e. The molecule has 0 radical (unpaired) electrons. The van der Waals surface area contributed by atoms with Crippen LogP contribution in [0.1, 0.15) is 46.5 Å². The van der Waals surface area contributed by atoms with Gasteiger partial charge in [0.1, 0.15) is 5.60 Å². The van der Waals surface area contributed by atoms with Gasteiger partial charge in [-0.1, -0.05) is 0 Å². The molecule has 3 nitrogen and oxygen atoms in total. The zero-order valence-corrected chi connectivity index (χ0v) is 10.4. The Bertz CT molecular complexity index is 287. The largest absolute Gasteiger partial charge is 0.459 e. The fourth-order valence-corrected chi connectivity index (χ4v) is 3.83. The highest BCUT2D eigenvalue weighted by Crippen LogP contribution is 2.56. The summed E-state index contributed by atoms with van der Waals surface area (Å²) in [5.74, 6) is 1.62. The van der Waals surface area contributed by atoms with Crippen molar-refractivity contribution in [3.05, 3.63) is 0 Å². The fourth-order valence-electron chi connectivity index (χ4n) is 3.83. The molecule has 2 fully saturated rings. The topological polar surface area (TPSA) is 46.5 Å². The number of carbonyl (C=O) groups excluding carboxylic acids is 1. The van der Waals surface area contributed by atoms with Gasteiger partial charge in [0.25, 0.3) is 0 Å². The molecule has 0 spiro atoms. The van der Waals surface area contributed by atoms with Crippen LogP contribution in [0.2, 0.25) is 0 Å². The van der Waals surface area contributed by atoms with Gasteiger partial charge in [-0.05, 0) is 57.3 Å². The monoisotopic (exact) mass is 226 g/mol. The molecule has 5 atom stereocenters. The number of hydrogen-bond acceptors (Lipinski definition) is 3. The molecule has 5 unspecified atom stereocenters. The maximum absolute atomic E-state index is 11.1. The first-order chi connectivity index (χ1) is 7.40. The van der Waals surface area contributed by atoms with Gasteiger partial charge in [0, 0.05) is 6.92 Å². The normalized spacial score (nSPS) is 43.4. The molecule has 16 heavy (non-hydrogen) atoms. The van der Waals surface area contributed by atoms with Crippen molar-refractivity contribution in [2.24, 2.45) is 17.8 Å². The van der Waals surface area contributed by atoms with Crippen molar-refractivity contribution in [3.8, 4) is 0 Å². The number of fused-ring (bicyclic) bond motifs is 2. The van der Waals surface area contributed by atoms with Crippen LogP contribution < -0.4 is 0 Å². The highest BCUT2D eigenvalue weighted by atomic mass is 16.6. The molecule has 2 aliphatic rings. The lowest BCUT2D eigenvalue weighted by Gasteiger charge is -2.36. The van der Waals surface area contributed by atoms with E-state index in [1.165, 1.54) is 13.3 Å². The first-order valence-electron chi connectivity index (χ1n) is 6.28. The molecule has 3 heteroatoms. The van der Waals surface area contributed by atoms with Gasteiger partial charge in [-0.2, -0.15) is 0 Å². The molecular weight excluding hydrogens is 204 g/mol. The van der Waals surface area contributed by atoms with Gasteiger partial charge >= 0.3 is 5.97 Å². The van der Waals surface area contributed by atoms with Crippen LogP contribution in [0.3, 0.4) is 0 Å². The van der Waals surface area contributed by atoms with E-state index >= 15 is 0 Å². The molecule has 2 rings (SSSR count). The molecule has 2 saturated carbocycles. The zero-order valence-electron chi connectivity index (χ0n) is 10.4. The van der Waals surface area contributed by atoms with Crippen molar-refractivity contribution in [1.82, 2.24) is 0 Å². The second-order valence-corrected chi connectivity index (χ2v) is 5.88. The first kappa shape index (κ1) is 11.9. The molecule has 0 aromatic heterocycles. The highest BCUT2D eigenvalue weighted by Gasteiger charge is 2.54. The second-order valence-electron chi connectivity index (χ2n) is 5.88. The van der Waals surface area contributed by atoms with Crippen LogP contribution in [0.15, 0.2) is 0 Å². The van der Waals surface area contributed by atoms with E-state index in [0.29, 0.717) is 17.8 Å². The Kier molecular flexibility index (Phi) is 2.99. The molecular formula is C13H22O3. The minimum atomic E-state index is -0.230. The first-order valence-corrected chi connectivity index (χ1v) is 6.28. The summed E-state index contributed by atoms with van der Waals surface area (Å²) in [5.41, 5.74) is -0.230. The predicted octanol–water partition coefficient (Wildman–Crippen LogP) is 2.13. The van der Waals surface area contributed by atoms with Crippen molar-refractivity contribution in [2.75, 3.05) is 0 Å². The van der Waals surface area contributed by atoms with Crippen molar-refractivity contribution >= 4 is 5.97 Å². The van der Waals surface area contributed by atoms with Crippen molar-refractivity contribution in [3.63, 3.8) is 0 Å². The van der Waals surface area contributed by atoms with Gasteiger partial charge in [0.15, 0.2) is 0 Å². The number of carbonyl (C=O) groups is 1. The zero-order chi connectivity index (χ0) is 11.9. The van der Waals surface area contributed by atoms with Crippen LogP contribution in [0.5, 0.6) is 0 Å². The van der Waals surface area contributed by atoms with E-state index in [1.807, 2.05) is 6.92 Å². The Balaban J connectivity index is 1.97. The molecule has 1 N–H and O–H groups in total.